The Labute approximate surface area is 147 Å². The van der Waals surface area contributed by atoms with Gasteiger partial charge >= 0.3 is 0 Å². The zero-order valence-electron chi connectivity index (χ0n) is 15.4. The number of hydrogen-bond acceptors (Lipinski definition) is 6. The maximum atomic E-state index is 3.97. The van der Waals surface area contributed by atoms with Crippen LogP contribution in [0.15, 0.2) is 31.1 Å². The first-order valence-corrected chi connectivity index (χ1v) is 10.1. The predicted molar refractivity (Wildman–Crippen MR) is 98.2 cm³/mol. The van der Waals surface area contributed by atoms with E-state index in [-0.39, 0.29) is 0 Å². The van der Waals surface area contributed by atoms with Crippen molar-refractivity contribution in [1.82, 2.24) is 0 Å². The monoisotopic (exact) mass is 336 g/mol. The molecule has 138 valence electrons. The van der Waals surface area contributed by atoms with Crippen LogP contribution in [-0.2, 0) is 0 Å². The predicted octanol–water partition coefficient (Wildman–Crippen LogP) is 7.43. The summed E-state index contributed by atoms with van der Waals surface area (Å²) in [5.74, 6) is 0. The van der Waals surface area contributed by atoms with Crippen LogP contribution in [0.4, 0.5) is 0 Å². The minimum Gasteiger partial charge on any atom is -0.167 e. The molecule has 0 aliphatic carbocycles. The fourth-order valence-electron chi connectivity index (χ4n) is 3.02. The van der Waals surface area contributed by atoms with Crippen LogP contribution in [0.25, 0.3) is 0 Å². The molecule has 6 nitrogen and oxygen atoms in total. The summed E-state index contributed by atoms with van der Waals surface area (Å²) in [7, 11) is 0. The maximum absolute atomic E-state index is 3.97. The molecule has 0 aromatic rings. The van der Waals surface area contributed by atoms with Crippen molar-refractivity contribution in [3.8, 4) is 0 Å². The molecule has 0 saturated carbocycles. The molecule has 24 heavy (non-hydrogen) atoms. The second-order valence-corrected chi connectivity index (χ2v) is 6.74. The van der Waals surface area contributed by atoms with E-state index in [1.54, 1.807) is 0 Å². The first kappa shape index (κ1) is 20.8. The van der Waals surface area contributed by atoms with E-state index in [1.165, 1.54) is 89.9 Å². The lowest BCUT2D eigenvalue weighted by molar-refractivity contribution is 0.527. The molecule has 0 fully saturated rings. The molecule has 0 bridgehead atoms. The lowest BCUT2D eigenvalue weighted by atomic mass is 10.0. The molecule has 0 N–H and O–H groups in total. The third-order valence-corrected chi connectivity index (χ3v) is 4.51. The summed E-state index contributed by atoms with van der Waals surface area (Å²) in [6.07, 6.45) is 21.3. The lowest BCUT2D eigenvalue weighted by Crippen LogP contribution is -1.85. The van der Waals surface area contributed by atoms with Gasteiger partial charge in [0, 0.05) is 0 Å². The van der Waals surface area contributed by atoms with Crippen LogP contribution in [0.2, 0.25) is 0 Å². The Morgan fingerprint density at radius 3 is 0.792 bits per heavy atom. The number of hydrogen-bond donors (Lipinski definition) is 0. The molecule has 0 atom stereocenters. The van der Waals surface area contributed by atoms with Crippen LogP contribution in [0.1, 0.15) is 103 Å². The van der Waals surface area contributed by atoms with E-state index >= 15 is 0 Å². The largest absolute Gasteiger partial charge is 0.167 e. The summed E-state index contributed by atoms with van der Waals surface area (Å²) in [5, 5.41) is 22.3. The number of nitrogens with zero attached hydrogens (tertiary/aromatic N) is 6. The van der Waals surface area contributed by atoms with Crippen molar-refractivity contribution in [2.45, 2.75) is 103 Å². The van der Waals surface area contributed by atoms with Gasteiger partial charge in [0.2, 0.25) is 0 Å². The van der Waals surface area contributed by atoms with Gasteiger partial charge in [0.1, 0.15) is 0 Å². The average molecular weight is 337 g/mol. The van der Waals surface area contributed by atoms with Crippen LogP contribution in [-0.4, -0.2) is 13.1 Å². The molecule has 1 rings (SSSR count). The third kappa shape index (κ3) is 15.7. The van der Waals surface area contributed by atoms with E-state index in [0.717, 1.165) is 25.9 Å². The van der Waals surface area contributed by atoms with Gasteiger partial charge in [-0.05, 0) is 33.7 Å². The van der Waals surface area contributed by atoms with Crippen molar-refractivity contribution in [2.24, 2.45) is 31.1 Å². The molecule has 0 spiro atoms. The zero-order valence-corrected chi connectivity index (χ0v) is 15.4. The van der Waals surface area contributed by atoms with E-state index in [1.807, 2.05) is 0 Å². The fourth-order valence-corrected chi connectivity index (χ4v) is 3.02. The first-order valence-electron chi connectivity index (χ1n) is 10.1. The number of rotatable bonds is 0. The van der Waals surface area contributed by atoms with Crippen LogP contribution < -0.4 is 0 Å². The van der Waals surface area contributed by atoms with E-state index in [9.17, 15) is 0 Å². The Hall–Kier alpha value is -1.20. The van der Waals surface area contributed by atoms with E-state index in [2.05, 4.69) is 31.1 Å². The average Bonchev–Trinajstić information content (AvgIpc) is 2.59. The SMILES string of the molecule is C1CCCCCCCCCN=N/N=N\N=NCCCCCCCC1. The molecule has 0 aromatic heterocycles. The summed E-state index contributed by atoms with van der Waals surface area (Å²) >= 11 is 0. The molecule has 0 saturated heterocycles. The van der Waals surface area contributed by atoms with Gasteiger partial charge in [-0.15, -0.1) is 0 Å². The summed E-state index contributed by atoms with van der Waals surface area (Å²) in [4.78, 5) is 0. The highest BCUT2D eigenvalue weighted by atomic mass is 15.6. The van der Waals surface area contributed by atoms with Gasteiger partial charge in [-0.3, -0.25) is 0 Å². The fraction of sp³-hybridized carbons (Fsp3) is 1.00. The summed E-state index contributed by atoms with van der Waals surface area (Å²) in [5.41, 5.74) is 0. The second-order valence-electron chi connectivity index (χ2n) is 6.74. The molecule has 0 radical (unpaired) electrons. The Balaban J connectivity index is 2.15. The molecule has 1 aliphatic heterocycles. The molecule has 6 heteroatoms. The van der Waals surface area contributed by atoms with Crippen molar-refractivity contribution in [2.75, 3.05) is 13.1 Å². The highest BCUT2D eigenvalue weighted by molar-refractivity contribution is 4.51. The van der Waals surface area contributed by atoms with Crippen LogP contribution >= 0.6 is 0 Å². The second kappa shape index (κ2) is 18.1. The van der Waals surface area contributed by atoms with Crippen molar-refractivity contribution >= 4 is 0 Å². The van der Waals surface area contributed by atoms with Crippen molar-refractivity contribution < 1.29 is 0 Å². The normalized spacial score (nSPS) is 23.3. The van der Waals surface area contributed by atoms with Gasteiger partial charge in [-0.25, -0.2) is 0 Å². The molecule has 1 aliphatic rings. The van der Waals surface area contributed by atoms with Gasteiger partial charge in [0.25, 0.3) is 0 Å². The Kier molecular flexibility index (Phi) is 15.8. The summed E-state index contributed by atoms with van der Waals surface area (Å²) < 4.78 is 0. The highest BCUT2D eigenvalue weighted by Gasteiger charge is 1.95. The van der Waals surface area contributed by atoms with Crippen LogP contribution in [0.5, 0.6) is 0 Å². The third-order valence-electron chi connectivity index (χ3n) is 4.51. The zero-order chi connectivity index (χ0) is 17.0. The molecular weight excluding hydrogens is 300 g/mol. The molecule has 0 aromatic carbocycles. The van der Waals surface area contributed by atoms with Crippen molar-refractivity contribution in [3.05, 3.63) is 0 Å². The van der Waals surface area contributed by atoms with Gasteiger partial charge in [0.15, 0.2) is 0 Å². The standard InChI is InChI=1S/C18H36N6/c1-2-4-6-8-10-12-14-16-18-20-22-24-23-21-19-17-15-13-11-9-7-5-3-1/h1-18H2/b21-19?,22-20?,24-23-. The van der Waals surface area contributed by atoms with Gasteiger partial charge in [-0.2, -0.15) is 10.2 Å². The van der Waals surface area contributed by atoms with Crippen LogP contribution in [0.3, 0.4) is 0 Å². The molecule has 0 amide bonds. The first-order chi connectivity index (χ1) is 12.0. The molecule has 1 heterocycles. The van der Waals surface area contributed by atoms with Crippen molar-refractivity contribution in [3.63, 3.8) is 0 Å². The van der Waals surface area contributed by atoms with Gasteiger partial charge in [0.05, 0.1) is 13.1 Å². The Morgan fingerprint density at radius 2 is 0.500 bits per heavy atom. The molecule has 0 unspecified atom stereocenters. The minimum atomic E-state index is 0.732. The minimum absolute atomic E-state index is 0.732. The lowest BCUT2D eigenvalue weighted by Gasteiger charge is -2.03. The van der Waals surface area contributed by atoms with Crippen molar-refractivity contribution in [1.29, 1.82) is 0 Å². The molecular formula is C18H36N6. The van der Waals surface area contributed by atoms with E-state index < -0.39 is 0 Å². The summed E-state index contributed by atoms with van der Waals surface area (Å²) in [6, 6.07) is 0. The summed E-state index contributed by atoms with van der Waals surface area (Å²) in [6.45, 7) is 1.46. The topological polar surface area (TPSA) is 74.2 Å². The Morgan fingerprint density at radius 1 is 0.250 bits per heavy atom. The van der Waals surface area contributed by atoms with E-state index in [4.69, 9.17) is 0 Å². The quantitative estimate of drug-likeness (QED) is 0.441. The Bertz CT molecular complexity index is 308. The van der Waals surface area contributed by atoms with Gasteiger partial charge < -0.3 is 0 Å². The maximum Gasteiger partial charge on any atom is 0.0621 e. The smallest absolute Gasteiger partial charge is 0.0621 e. The van der Waals surface area contributed by atoms with Crippen LogP contribution in [0, 0.1) is 0 Å². The highest BCUT2D eigenvalue weighted by Crippen LogP contribution is 2.13. The van der Waals surface area contributed by atoms with Gasteiger partial charge in [-0.1, -0.05) is 89.9 Å². The van der Waals surface area contributed by atoms with E-state index in [0.29, 0.717) is 0 Å².